The molecule has 352 valence electrons. The Labute approximate surface area is 384 Å². The molecule has 17 heteroatoms. The number of benzene rings is 3. The van der Waals surface area contributed by atoms with Crippen LogP contribution in [-0.2, 0) is 38.7 Å². The number of nitrogens with one attached hydrogen (secondary N) is 4. The molecule has 3 heterocycles. The molecular weight excluding hydrogens is 845 g/mol. The van der Waals surface area contributed by atoms with Gasteiger partial charge in [0.05, 0.1) is 50.2 Å². The Kier molecular flexibility index (Phi) is 13.4. The fraction of sp³-hybridized carbons (Fsp3) is 0.510. The fourth-order valence-electron chi connectivity index (χ4n) is 10.8. The number of fused-ring (bicyclic) bond motifs is 5. The number of amides is 5. The zero-order valence-electron chi connectivity index (χ0n) is 38.8. The lowest BCUT2D eigenvalue weighted by molar-refractivity contribution is -0.148. The lowest BCUT2D eigenvalue weighted by Crippen LogP contribution is -2.64. The maximum Gasteiger partial charge on any atom is 0.407 e. The molecule has 3 aromatic carbocycles. The van der Waals surface area contributed by atoms with Crippen LogP contribution in [0.15, 0.2) is 54.6 Å². The van der Waals surface area contributed by atoms with Crippen LogP contribution in [0.2, 0.25) is 0 Å². The highest BCUT2D eigenvalue weighted by atomic mass is 16.5. The molecule has 2 aliphatic carbocycles. The third-order valence-corrected chi connectivity index (χ3v) is 14.3. The molecule has 2 aliphatic heterocycles. The van der Waals surface area contributed by atoms with Gasteiger partial charge in [0.15, 0.2) is 0 Å². The number of carbonyl (C=O) groups is 5. The molecule has 0 radical (unpaired) electrons. The lowest BCUT2D eigenvalue weighted by atomic mass is 9.81. The molecule has 66 heavy (non-hydrogen) atoms. The van der Waals surface area contributed by atoms with Crippen molar-refractivity contribution in [2.45, 2.75) is 120 Å². The van der Waals surface area contributed by atoms with Gasteiger partial charge in [-0.15, -0.1) is 0 Å². The first kappa shape index (κ1) is 46.5. The van der Waals surface area contributed by atoms with Crippen LogP contribution >= 0.6 is 0 Å². The van der Waals surface area contributed by atoms with Gasteiger partial charge in [-0.3, -0.25) is 14.4 Å². The van der Waals surface area contributed by atoms with E-state index >= 15 is 0 Å². The molecule has 0 spiro atoms. The Morgan fingerprint density at radius 1 is 0.818 bits per heavy atom. The van der Waals surface area contributed by atoms with Crippen molar-refractivity contribution in [3.05, 3.63) is 71.5 Å². The molecule has 3 fully saturated rings. The van der Waals surface area contributed by atoms with Crippen LogP contribution < -0.4 is 21.7 Å². The summed E-state index contributed by atoms with van der Waals surface area (Å²) in [7, 11) is 5.42. The van der Waals surface area contributed by atoms with Crippen molar-refractivity contribution in [2.24, 2.45) is 11.7 Å². The average Bonchev–Trinajstić information content (AvgIpc) is 3.99. The van der Waals surface area contributed by atoms with Crippen molar-refractivity contribution >= 4 is 46.6 Å². The van der Waals surface area contributed by atoms with Crippen LogP contribution in [0.1, 0.15) is 95.1 Å². The molecule has 2 saturated heterocycles. The number of rotatable bonds is 12. The summed E-state index contributed by atoms with van der Waals surface area (Å²) in [6.07, 6.45) is 3.50. The molecule has 1 saturated carbocycles. The minimum Gasteiger partial charge on any atom is -0.453 e. The average molecular weight is 907 g/mol. The van der Waals surface area contributed by atoms with Gasteiger partial charge in [0, 0.05) is 31.4 Å². The topological polar surface area (TPSA) is 220 Å². The first-order valence-electron chi connectivity index (χ1n) is 22.9. The van der Waals surface area contributed by atoms with E-state index in [1.165, 1.54) is 33.3 Å². The number of piperidine rings is 1. The van der Waals surface area contributed by atoms with Crippen LogP contribution in [-0.4, -0.2) is 121 Å². The third-order valence-electron chi connectivity index (χ3n) is 14.3. The molecule has 4 aliphatic rings. The number of aromatic nitrogens is 2. The van der Waals surface area contributed by atoms with Crippen LogP contribution in [0, 0.1) is 5.92 Å². The SMILES string of the molecule is COCC(NC(=O)OC)C(=O)N1C(c2nc3ccc(-c4ccc5c(c4)C(C)(C)c4cc(NC(=O)[C@@H]6CCCC(N)N6C(=O)C(NC(=O)OC)C(C)OC)ccc4-5)cc3[nH]2)C[C@@H]2CCCC[C@@H]21. The van der Waals surface area contributed by atoms with Crippen molar-refractivity contribution < 1.29 is 42.9 Å². The summed E-state index contributed by atoms with van der Waals surface area (Å²) >= 11 is 0. The maximum absolute atomic E-state index is 14.2. The standard InChI is InChI=1S/C49H62N8O9/c1-26(64-5)42(55-48(62)66-7)46(60)57-39(13-10-14-41(57)50)44(58)51-30-17-19-32-31-18-15-27(21-33(31)49(2,3)34(32)24-30)28-16-20-35-36(22-28)53-43(52-35)40-23-29-11-8-9-12-38(29)56(40)45(59)37(25-63-4)54-47(61)65-6/h15-22,24,26,29,37-42H,8-14,23,25,50H2,1-7H3,(H,51,58)(H,52,53)(H,54,61)(H,55,62)/t26?,29-,37?,38-,39-,40?,41?,42?/m0/s1. The minimum absolute atomic E-state index is 0.0202. The quantitative estimate of drug-likeness (QED) is 0.109. The van der Waals surface area contributed by atoms with Crippen molar-refractivity contribution in [3.63, 3.8) is 0 Å². The zero-order chi connectivity index (χ0) is 47.0. The number of hydrogen-bond donors (Lipinski definition) is 5. The third kappa shape index (κ3) is 8.71. The summed E-state index contributed by atoms with van der Waals surface area (Å²) in [6.45, 7) is 6.02. The van der Waals surface area contributed by atoms with E-state index in [4.69, 9.17) is 29.7 Å². The summed E-state index contributed by atoms with van der Waals surface area (Å²) < 4.78 is 20.4. The number of imidazole rings is 1. The molecule has 8 rings (SSSR count). The highest BCUT2D eigenvalue weighted by Gasteiger charge is 2.48. The number of hydrogen-bond acceptors (Lipinski definition) is 11. The van der Waals surface area contributed by atoms with Crippen LogP contribution in [0.5, 0.6) is 0 Å². The predicted molar refractivity (Wildman–Crippen MR) is 247 cm³/mol. The number of likely N-dealkylation sites (tertiary alicyclic amines) is 2. The number of nitrogens with zero attached hydrogens (tertiary/aromatic N) is 3. The first-order valence-corrected chi connectivity index (χ1v) is 22.9. The number of alkyl carbamates (subject to hydrolysis) is 2. The van der Waals surface area contributed by atoms with Crippen molar-refractivity contribution in [3.8, 4) is 22.3 Å². The highest BCUT2D eigenvalue weighted by Crippen LogP contribution is 2.51. The van der Waals surface area contributed by atoms with E-state index in [0.717, 1.165) is 82.3 Å². The van der Waals surface area contributed by atoms with Crippen LogP contribution in [0.3, 0.4) is 0 Å². The summed E-state index contributed by atoms with van der Waals surface area (Å²) in [5.74, 6) is -0.0434. The molecule has 6 N–H and O–H groups in total. The molecule has 4 aromatic rings. The number of aromatic amines is 1. The van der Waals surface area contributed by atoms with E-state index in [1.54, 1.807) is 6.92 Å². The fourth-order valence-corrected chi connectivity index (χ4v) is 10.8. The van der Waals surface area contributed by atoms with Crippen molar-refractivity contribution in [1.82, 2.24) is 30.4 Å². The van der Waals surface area contributed by atoms with Gasteiger partial charge in [-0.05, 0) is 115 Å². The van der Waals surface area contributed by atoms with E-state index in [9.17, 15) is 24.0 Å². The molecule has 0 bridgehead atoms. The molecule has 17 nitrogen and oxygen atoms in total. The Balaban J connectivity index is 1.02. The second-order valence-electron chi connectivity index (χ2n) is 18.6. The number of nitrogens with two attached hydrogens (primary N) is 1. The van der Waals surface area contributed by atoms with Gasteiger partial charge in [0.1, 0.15) is 23.9 Å². The summed E-state index contributed by atoms with van der Waals surface area (Å²) in [5, 5.41) is 8.31. The van der Waals surface area contributed by atoms with Gasteiger partial charge in [0.25, 0.3) is 0 Å². The Bertz CT molecular complexity index is 2510. The van der Waals surface area contributed by atoms with E-state index in [-0.39, 0.29) is 30.5 Å². The van der Waals surface area contributed by atoms with Gasteiger partial charge in [-0.1, -0.05) is 51.0 Å². The second-order valence-corrected chi connectivity index (χ2v) is 18.6. The van der Waals surface area contributed by atoms with Crippen LogP contribution in [0.25, 0.3) is 33.3 Å². The van der Waals surface area contributed by atoms with Crippen LogP contribution in [0.4, 0.5) is 15.3 Å². The van der Waals surface area contributed by atoms with Gasteiger partial charge in [-0.2, -0.15) is 0 Å². The normalized spacial score (nSPS) is 23.2. The number of methoxy groups -OCH3 is 4. The number of H-pyrrole nitrogens is 1. The lowest BCUT2D eigenvalue weighted by Gasteiger charge is -2.41. The van der Waals surface area contributed by atoms with Gasteiger partial charge < -0.3 is 55.4 Å². The summed E-state index contributed by atoms with van der Waals surface area (Å²) in [5.41, 5.74) is 14.7. The Morgan fingerprint density at radius 2 is 1.50 bits per heavy atom. The van der Waals surface area contributed by atoms with E-state index in [0.29, 0.717) is 30.9 Å². The smallest absolute Gasteiger partial charge is 0.407 e. The van der Waals surface area contributed by atoms with Crippen molar-refractivity contribution in [2.75, 3.05) is 40.4 Å². The molecule has 8 atom stereocenters. The largest absolute Gasteiger partial charge is 0.453 e. The maximum atomic E-state index is 14.2. The number of anilines is 1. The molecule has 1 aromatic heterocycles. The summed E-state index contributed by atoms with van der Waals surface area (Å²) in [6, 6.07) is 15.5. The Morgan fingerprint density at radius 3 is 2.23 bits per heavy atom. The van der Waals surface area contributed by atoms with E-state index in [2.05, 4.69) is 65.1 Å². The van der Waals surface area contributed by atoms with E-state index in [1.807, 2.05) is 29.2 Å². The summed E-state index contributed by atoms with van der Waals surface area (Å²) in [4.78, 5) is 78.7. The second kappa shape index (κ2) is 19.1. The van der Waals surface area contributed by atoms with Gasteiger partial charge >= 0.3 is 12.2 Å². The van der Waals surface area contributed by atoms with E-state index < -0.39 is 53.9 Å². The zero-order valence-corrected chi connectivity index (χ0v) is 38.8. The molecule has 5 unspecified atom stereocenters. The number of carbonyl (C=O) groups excluding carboxylic acids is 5. The monoisotopic (exact) mass is 906 g/mol. The number of ether oxygens (including phenoxy) is 4. The van der Waals surface area contributed by atoms with Gasteiger partial charge in [-0.25, -0.2) is 14.6 Å². The molecular formula is C49H62N8O9. The first-order chi connectivity index (χ1) is 31.7. The van der Waals surface area contributed by atoms with Gasteiger partial charge in [0.2, 0.25) is 17.7 Å². The minimum atomic E-state index is -1.12. The highest BCUT2D eigenvalue weighted by molar-refractivity contribution is 5.99. The predicted octanol–water partition coefficient (Wildman–Crippen LogP) is 6.10. The Hall–Kier alpha value is -6.04. The van der Waals surface area contributed by atoms with Crippen molar-refractivity contribution in [1.29, 1.82) is 0 Å². The molecule has 5 amide bonds.